The van der Waals surface area contributed by atoms with Crippen LogP contribution in [0.1, 0.15) is 5.56 Å². The summed E-state index contributed by atoms with van der Waals surface area (Å²) in [7, 11) is 0. The fraction of sp³-hybridized carbons (Fsp3) is 0.0833. The smallest absolute Gasteiger partial charge is 0.176 e. The Morgan fingerprint density at radius 2 is 2.06 bits per heavy atom. The van der Waals surface area contributed by atoms with Crippen molar-refractivity contribution in [1.29, 1.82) is 0 Å². The van der Waals surface area contributed by atoms with E-state index in [4.69, 9.17) is 12.2 Å². The van der Waals surface area contributed by atoms with Crippen LogP contribution in [-0.2, 0) is 0 Å². The second-order valence-electron chi connectivity index (χ2n) is 3.86. The first-order chi connectivity index (χ1) is 8.24. The first-order valence-electron chi connectivity index (χ1n) is 5.24. The zero-order valence-electron chi connectivity index (χ0n) is 9.19. The summed E-state index contributed by atoms with van der Waals surface area (Å²) in [4.78, 5) is 14.7. The largest absolute Gasteiger partial charge is 0.329 e. The normalized spacial score (nSPS) is 10.9. The average Bonchev–Trinajstić information content (AvgIpc) is 2.68. The third-order valence-corrected chi connectivity index (χ3v) is 2.88. The van der Waals surface area contributed by atoms with Crippen LogP contribution < -0.4 is 0 Å². The first-order valence-corrected chi connectivity index (χ1v) is 5.65. The monoisotopic (exact) mass is 242 g/mol. The maximum absolute atomic E-state index is 5.04. The summed E-state index contributed by atoms with van der Waals surface area (Å²) in [5, 5.41) is 0. The molecule has 0 aliphatic heterocycles. The zero-order valence-corrected chi connectivity index (χ0v) is 10.0. The van der Waals surface area contributed by atoms with Gasteiger partial charge in [0.15, 0.2) is 10.4 Å². The molecular formula is C12H10N4S. The molecule has 0 spiro atoms. The lowest BCUT2D eigenvalue weighted by atomic mass is 10.1. The van der Waals surface area contributed by atoms with Gasteiger partial charge in [-0.3, -0.25) is 4.98 Å². The summed E-state index contributed by atoms with van der Waals surface area (Å²) in [5.41, 5.74) is 4.81. The van der Waals surface area contributed by atoms with Crippen molar-refractivity contribution in [1.82, 2.24) is 19.9 Å². The number of imidazole rings is 1. The number of aryl methyl sites for hydroxylation is 1. The molecule has 0 fully saturated rings. The number of rotatable bonds is 1. The molecule has 0 amide bonds. The quantitative estimate of drug-likeness (QED) is 0.645. The molecule has 0 aromatic carbocycles. The Bertz CT molecular complexity index is 741. The molecule has 5 heteroatoms. The van der Waals surface area contributed by atoms with Crippen LogP contribution in [0, 0.1) is 11.7 Å². The maximum atomic E-state index is 5.04. The van der Waals surface area contributed by atoms with Crippen LogP contribution in [0.25, 0.3) is 22.4 Å². The molecule has 0 atom stereocenters. The van der Waals surface area contributed by atoms with Crippen LogP contribution in [0.2, 0.25) is 0 Å². The van der Waals surface area contributed by atoms with Crippen molar-refractivity contribution in [3.63, 3.8) is 0 Å². The summed E-state index contributed by atoms with van der Waals surface area (Å²) >= 11 is 5.04. The second-order valence-corrected chi connectivity index (χ2v) is 4.27. The number of fused-ring (bicyclic) bond motifs is 1. The summed E-state index contributed by atoms with van der Waals surface area (Å²) in [6.45, 7) is 2.02. The highest BCUT2D eigenvalue weighted by molar-refractivity contribution is 7.71. The lowest BCUT2D eigenvalue weighted by Crippen LogP contribution is -1.88. The molecule has 3 aromatic heterocycles. The number of aromatic amines is 2. The lowest BCUT2D eigenvalue weighted by Gasteiger charge is -2.03. The van der Waals surface area contributed by atoms with E-state index in [9.17, 15) is 0 Å². The first kappa shape index (κ1) is 10.2. The fourth-order valence-electron chi connectivity index (χ4n) is 1.83. The Morgan fingerprint density at radius 1 is 1.18 bits per heavy atom. The van der Waals surface area contributed by atoms with Gasteiger partial charge in [0.2, 0.25) is 0 Å². The van der Waals surface area contributed by atoms with E-state index >= 15 is 0 Å². The van der Waals surface area contributed by atoms with E-state index in [2.05, 4.69) is 19.9 Å². The molecule has 84 valence electrons. The molecule has 3 heterocycles. The number of nitrogens with zero attached hydrogens (tertiary/aromatic N) is 2. The number of nitrogens with one attached hydrogen (secondary N) is 2. The molecule has 0 bridgehead atoms. The fourth-order valence-corrected chi connectivity index (χ4v) is 2.03. The standard InChI is InChI=1S/C12H10N4S/c1-7-6-13-5-4-8(7)9-2-3-10-11(14-9)16-12(17)15-10/h2-6H,1H3,(H2,14,15,16,17). The van der Waals surface area contributed by atoms with Crippen LogP contribution in [0.4, 0.5) is 0 Å². The Hall–Kier alpha value is -2.01. The van der Waals surface area contributed by atoms with E-state index in [1.54, 1.807) is 6.20 Å². The zero-order chi connectivity index (χ0) is 11.8. The number of pyridine rings is 2. The van der Waals surface area contributed by atoms with Gasteiger partial charge < -0.3 is 9.97 Å². The van der Waals surface area contributed by atoms with Crippen molar-refractivity contribution in [3.05, 3.63) is 40.9 Å². The molecular weight excluding hydrogens is 232 g/mol. The molecule has 2 N–H and O–H groups in total. The lowest BCUT2D eigenvalue weighted by molar-refractivity contribution is 1.24. The Balaban J connectivity index is 2.24. The van der Waals surface area contributed by atoms with Gasteiger partial charge in [0.1, 0.15) is 0 Å². The summed E-state index contributed by atoms with van der Waals surface area (Å²) in [6, 6.07) is 5.92. The van der Waals surface area contributed by atoms with Crippen LogP contribution in [0.15, 0.2) is 30.6 Å². The van der Waals surface area contributed by atoms with E-state index < -0.39 is 0 Å². The van der Waals surface area contributed by atoms with Crippen LogP contribution in [0.5, 0.6) is 0 Å². The second kappa shape index (κ2) is 3.78. The highest BCUT2D eigenvalue weighted by Gasteiger charge is 2.05. The van der Waals surface area contributed by atoms with Gasteiger partial charge >= 0.3 is 0 Å². The highest BCUT2D eigenvalue weighted by atomic mass is 32.1. The van der Waals surface area contributed by atoms with Gasteiger partial charge in [-0.15, -0.1) is 0 Å². The minimum atomic E-state index is 0.594. The molecule has 4 nitrogen and oxygen atoms in total. The Kier molecular flexibility index (Phi) is 2.26. The van der Waals surface area contributed by atoms with Gasteiger partial charge in [-0.25, -0.2) is 4.98 Å². The summed E-state index contributed by atoms with van der Waals surface area (Å²) in [5.74, 6) is 0. The van der Waals surface area contributed by atoms with E-state index in [0.717, 1.165) is 28.0 Å². The molecule has 3 aromatic rings. The van der Waals surface area contributed by atoms with Crippen molar-refractivity contribution < 1.29 is 0 Å². The van der Waals surface area contributed by atoms with Crippen molar-refractivity contribution in [2.45, 2.75) is 6.92 Å². The van der Waals surface area contributed by atoms with Crippen molar-refractivity contribution in [3.8, 4) is 11.3 Å². The van der Waals surface area contributed by atoms with Crippen LogP contribution in [0.3, 0.4) is 0 Å². The minimum absolute atomic E-state index is 0.594. The molecule has 0 aliphatic rings. The van der Waals surface area contributed by atoms with Gasteiger partial charge in [0, 0.05) is 18.0 Å². The molecule has 0 saturated heterocycles. The van der Waals surface area contributed by atoms with E-state index in [0.29, 0.717) is 4.77 Å². The van der Waals surface area contributed by atoms with Gasteiger partial charge in [-0.2, -0.15) is 0 Å². The summed E-state index contributed by atoms with van der Waals surface area (Å²) < 4.78 is 0.594. The maximum Gasteiger partial charge on any atom is 0.176 e. The molecule has 3 rings (SSSR count). The third kappa shape index (κ3) is 1.74. The van der Waals surface area contributed by atoms with Gasteiger partial charge in [-0.1, -0.05) is 0 Å². The van der Waals surface area contributed by atoms with Crippen molar-refractivity contribution in [2.75, 3.05) is 0 Å². The van der Waals surface area contributed by atoms with E-state index in [1.165, 1.54) is 0 Å². The summed E-state index contributed by atoms with van der Waals surface area (Å²) in [6.07, 6.45) is 3.61. The minimum Gasteiger partial charge on any atom is -0.329 e. The van der Waals surface area contributed by atoms with Crippen molar-refractivity contribution >= 4 is 23.4 Å². The van der Waals surface area contributed by atoms with Crippen molar-refractivity contribution in [2.24, 2.45) is 0 Å². The highest BCUT2D eigenvalue weighted by Crippen LogP contribution is 2.21. The van der Waals surface area contributed by atoms with Gasteiger partial charge in [0.05, 0.1) is 11.2 Å². The predicted octanol–water partition coefficient (Wildman–Crippen LogP) is 2.99. The molecule has 0 unspecified atom stereocenters. The molecule has 0 radical (unpaired) electrons. The molecule has 17 heavy (non-hydrogen) atoms. The third-order valence-electron chi connectivity index (χ3n) is 2.67. The SMILES string of the molecule is Cc1cnccc1-c1ccc2[nH]c(=S)[nH]c2n1. The molecule has 0 saturated carbocycles. The number of H-pyrrole nitrogens is 2. The van der Waals surface area contributed by atoms with Crippen LogP contribution >= 0.6 is 12.2 Å². The van der Waals surface area contributed by atoms with E-state index in [-0.39, 0.29) is 0 Å². The van der Waals surface area contributed by atoms with Gasteiger partial charge in [-0.05, 0) is 42.9 Å². The number of hydrogen-bond acceptors (Lipinski definition) is 3. The average molecular weight is 242 g/mol. The molecule has 0 aliphatic carbocycles. The van der Waals surface area contributed by atoms with Crippen LogP contribution in [-0.4, -0.2) is 19.9 Å². The Morgan fingerprint density at radius 3 is 2.88 bits per heavy atom. The van der Waals surface area contributed by atoms with Gasteiger partial charge in [0.25, 0.3) is 0 Å². The predicted molar refractivity (Wildman–Crippen MR) is 69.2 cm³/mol. The topological polar surface area (TPSA) is 57.4 Å². The Labute approximate surface area is 103 Å². The number of aromatic nitrogens is 4. The number of hydrogen-bond donors (Lipinski definition) is 2. The van der Waals surface area contributed by atoms with E-state index in [1.807, 2.05) is 31.3 Å².